The Morgan fingerprint density at radius 2 is 2.00 bits per heavy atom. The van der Waals surface area contributed by atoms with E-state index in [-0.39, 0.29) is 5.84 Å². The molecule has 0 saturated carbocycles. The first kappa shape index (κ1) is 13.7. The van der Waals surface area contributed by atoms with Crippen LogP contribution in [0.15, 0.2) is 29.4 Å². The minimum absolute atomic E-state index is 0.180. The first-order valence-electron chi connectivity index (χ1n) is 6.85. The zero-order chi connectivity index (χ0) is 13.9. The van der Waals surface area contributed by atoms with Crippen molar-refractivity contribution >= 4 is 11.5 Å². The largest absolute Gasteiger partial charge is 0.409 e. The summed E-state index contributed by atoms with van der Waals surface area (Å²) in [6.45, 7) is 6.69. The first-order chi connectivity index (χ1) is 9.03. The van der Waals surface area contributed by atoms with Crippen LogP contribution in [-0.2, 0) is 0 Å². The average molecular weight is 261 g/mol. The molecule has 0 amide bonds. The smallest absolute Gasteiger partial charge is 0.172 e. The number of benzene rings is 1. The quantitative estimate of drug-likeness (QED) is 0.372. The van der Waals surface area contributed by atoms with Crippen LogP contribution >= 0.6 is 0 Å². The summed E-state index contributed by atoms with van der Waals surface area (Å²) in [6.07, 6.45) is 3.59. The van der Waals surface area contributed by atoms with Gasteiger partial charge in [-0.2, -0.15) is 0 Å². The molecular formula is C15H23N3O. The maximum absolute atomic E-state index is 8.89. The molecule has 1 aliphatic rings. The van der Waals surface area contributed by atoms with Gasteiger partial charge in [-0.05, 0) is 36.8 Å². The minimum atomic E-state index is 0.180. The summed E-state index contributed by atoms with van der Waals surface area (Å²) in [6, 6.07) is 7.87. The summed E-state index contributed by atoms with van der Waals surface area (Å²) >= 11 is 0. The van der Waals surface area contributed by atoms with E-state index in [1.54, 1.807) is 0 Å². The van der Waals surface area contributed by atoms with Crippen LogP contribution in [0.3, 0.4) is 0 Å². The van der Waals surface area contributed by atoms with E-state index in [2.05, 4.69) is 23.9 Å². The second-order valence-corrected chi connectivity index (χ2v) is 6.01. The molecule has 0 aliphatic carbocycles. The van der Waals surface area contributed by atoms with E-state index in [1.807, 2.05) is 24.3 Å². The van der Waals surface area contributed by atoms with Gasteiger partial charge in [0.2, 0.25) is 0 Å². The highest BCUT2D eigenvalue weighted by molar-refractivity contribution is 6.02. The summed E-state index contributed by atoms with van der Waals surface area (Å²) in [5.41, 5.74) is 8.05. The van der Waals surface area contributed by atoms with Gasteiger partial charge in [-0.3, -0.25) is 0 Å². The second kappa shape index (κ2) is 5.51. The van der Waals surface area contributed by atoms with Crippen molar-refractivity contribution in [3.8, 4) is 0 Å². The van der Waals surface area contributed by atoms with E-state index in [0.717, 1.165) is 30.8 Å². The third kappa shape index (κ3) is 3.19. The molecule has 0 atom stereocenters. The highest BCUT2D eigenvalue weighted by Gasteiger charge is 2.24. The molecule has 1 fully saturated rings. The molecule has 19 heavy (non-hydrogen) atoms. The fourth-order valence-electron chi connectivity index (χ4n) is 2.68. The normalized spacial score (nSPS) is 20.1. The number of para-hydroxylation sites is 1. The monoisotopic (exact) mass is 261 g/mol. The van der Waals surface area contributed by atoms with Crippen LogP contribution in [0.4, 0.5) is 5.69 Å². The fraction of sp³-hybridized carbons (Fsp3) is 0.533. The number of oxime groups is 1. The highest BCUT2D eigenvalue weighted by Crippen LogP contribution is 2.32. The van der Waals surface area contributed by atoms with E-state index in [9.17, 15) is 0 Å². The molecule has 0 radical (unpaired) electrons. The number of rotatable bonds is 2. The Labute approximate surface area is 114 Å². The molecule has 0 unspecified atom stereocenters. The Bertz CT molecular complexity index is 468. The third-order valence-electron chi connectivity index (χ3n) is 3.97. The van der Waals surface area contributed by atoms with Gasteiger partial charge in [0, 0.05) is 24.3 Å². The van der Waals surface area contributed by atoms with Crippen molar-refractivity contribution in [1.29, 1.82) is 0 Å². The van der Waals surface area contributed by atoms with E-state index in [0.29, 0.717) is 5.41 Å². The number of hydrogen-bond acceptors (Lipinski definition) is 3. The zero-order valence-corrected chi connectivity index (χ0v) is 11.8. The summed E-state index contributed by atoms with van der Waals surface area (Å²) in [7, 11) is 0. The van der Waals surface area contributed by atoms with Crippen LogP contribution in [0.2, 0.25) is 0 Å². The molecule has 1 saturated heterocycles. The topological polar surface area (TPSA) is 61.8 Å². The second-order valence-electron chi connectivity index (χ2n) is 6.01. The molecule has 4 heteroatoms. The van der Waals surface area contributed by atoms with Gasteiger partial charge in [0.05, 0.1) is 0 Å². The van der Waals surface area contributed by atoms with Gasteiger partial charge < -0.3 is 15.8 Å². The molecular weight excluding hydrogens is 238 g/mol. The van der Waals surface area contributed by atoms with Crippen LogP contribution in [0.5, 0.6) is 0 Å². The van der Waals surface area contributed by atoms with Crippen molar-refractivity contribution in [2.24, 2.45) is 16.3 Å². The molecule has 104 valence electrons. The Kier molecular flexibility index (Phi) is 3.98. The third-order valence-corrected chi connectivity index (χ3v) is 3.97. The number of nitrogens with two attached hydrogens (primary N) is 1. The summed E-state index contributed by atoms with van der Waals surface area (Å²) < 4.78 is 0. The number of amidine groups is 1. The molecule has 1 aromatic carbocycles. The SMILES string of the molecule is CC1(C)CCCN(c2ccccc2C(N)=NO)CC1. The van der Waals surface area contributed by atoms with Crippen LogP contribution in [0, 0.1) is 5.41 Å². The average Bonchev–Trinajstić information content (AvgIpc) is 2.59. The number of nitrogens with zero attached hydrogens (tertiary/aromatic N) is 2. The predicted molar refractivity (Wildman–Crippen MR) is 78.8 cm³/mol. The van der Waals surface area contributed by atoms with Crippen molar-refractivity contribution in [3.05, 3.63) is 29.8 Å². The van der Waals surface area contributed by atoms with Crippen molar-refractivity contribution in [2.75, 3.05) is 18.0 Å². The lowest BCUT2D eigenvalue weighted by molar-refractivity contribution is 0.318. The Balaban J connectivity index is 2.27. The molecule has 0 spiro atoms. The molecule has 1 aliphatic heterocycles. The van der Waals surface area contributed by atoms with Crippen molar-refractivity contribution in [2.45, 2.75) is 33.1 Å². The number of anilines is 1. The maximum Gasteiger partial charge on any atom is 0.172 e. The maximum atomic E-state index is 8.89. The van der Waals surface area contributed by atoms with Crippen molar-refractivity contribution < 1.29 is 5.21 Å². The van der Waals surface area contributed by atoms with Crippen molar-refractivity contribution in [3.63, 3.8) is 0 Å². The van der Waals surface area contributed by atoms with Gasteiger partial charge in [-0.25, -0.2) is 0 Å². The Hall–Kier alpha value is -1.71. The summed E-state index contributed by atoms with van der Waals surface area (Å²) in [5, 5.41) is 12.0. The lowest BCUT2D eigenvalue weighted by Crippen LogP contribution is -2.28. The van der Waals surface area contributed by atoms with Crippen LogP contribution in [-0.4, -0.2) is 24.1 Å². The predicted octanol–water partition coefficient (Wildman–Crippen LogP) is 2.80. The molecule has 2 rings (SSSR count). The molecule has 3 N–H and O–H groups in total. The van der Waals surface area contributed by atoms with E-state index in [1.165, 1.54) is 12.8 Å². The molecule has 1 heterocycles. The number of hydrogen-bond donors (Lipinski definition) is 2. The zero-order valence-electron chi connectivity index (χ0n) is 11.8. The van der Waals surface area contributed by atoms with Gasteiger partial charge in [0.1, 0.15) is 0 Å². The molecule has 0 bridgehead atoms. The molecule has 4 nitrogen and oxygen atoms in total. The highest BCUT2D eigenvalue weighted by atomic mass is 16.4. The van der Waals surface area contributed by atoms with E-state index >= 15 is 0 Å². The van der Waals surface area contributed by atoms with Crippen LogP contribution < -0.4 is 10.6 Å². The van der Waals surface area contributed by atoms with E-state index in [4.69, 9.17) is 10.9 Å². The lowest BCUT2D eigenvalue weighted by Gasteiger charge is -2.26. The van der Waals surface area contributed by atoms with Gasteiger partial charge in [0.15, 0.2) is 5.84 Å². The van der Waals surface area contributed by atoms with Crippen molar-refractivity contribution in [1.82, 2.24) is 0 Å². The van der Waals surface area contributed by atoms with Gasteiger partial charge >= 0.3 is 0 Å². The summed E-state index contributed by atoms with van der Waals surface area (Å²) in [5.74, 6) is 0.180. The first-order valence-corrected chi connectivity index (χ1v) is 6.85. The van der Waals surface area contributed by atoms with Crippen LogP contribution in [0.1, 0.15) is 38.7 Å². The minimum Gasteiger partial charge on any atom is -0.409 e. The van der Waals surface area contributed by atoms with Gasteiger partial charge in [-0.15, -0.1) is 0 Å². The summed E-state index contributed by atoms with van der Waals surface area (Å²) in [4.78, 5) is 2.35. The Morgan fingerprint density at radius 1 is 1.26 bits per heavy atom. The van der Waals surface area contributed by atoms with E-state index < -0.39 is 0 Å². The lowest BCUT2D eigenvalue weighted by atomic mass is 9.85. The van der Waals surface area contributed by atoms with Gasteiger partial charge in [-0.1, -0.05) is 31.1 Å². The standard InChI is InChI=1S/C15H23N3O/c1-15(2)8-5-10-18(11-9-15)13-7-4-3-6-12(13)14(16)17-19/h3-4,6-7,19H,5,8-11H2,1-2H3,(H2,16,17). The molecule has 0 aromatic heterocycles. The molecule has 1 aromatic rings. The van der Waals surface area contributed by atoms with Crippen LogP contribution in [0.25, 0.3) is 0 Å². The fourth-order valence-corrected chi connectivity index (χ4v) is 2.68. The Morgan fingerprint density at radius 3 is 2.74 bits per heavy atom. The van der Waals surface area contributed by atoms with Gasteiger partial charge in [0.25, 0.3) is 0 Å².